The van der Waals surface area contributed by atoms with Crippen molar-refractivity contribution in [1.29, 1.82) is 0 Å². The fraction of sp³-hybridized carbons (Fsp3) is 0.286. The Morgan fingerprint density at radius 1 is 1.25 bits per heavy atom. The standard InChI is InChI=1S/C14H15N3O3/c1-2-17(9-6-12(18)19)14(20)10-4-3-5-11-13(10)16-8-7-15-11/h3-5,7-8H,2,6,9H2,1H3,(H,18,19). The Morgan fingerprint density at radius 2 is 2.00 bits per heavy atom. The third kappa shape index (κ3) is 2.90. The number of para-hydroxylation sites is 1. The number of carbonyl (C=O) groups is 2. The molecule has 2 rings (SSSR count). The molecule has 2 aromatic rings. The van der Waals surface area contributed by atoms with E-state index in [-0.39, 0.29) is 18.9 Å². The summed E-state index contributed by atoms with van der Waals surface area (Å²) in [7, 11) is 0. The first kappa shape index (κ1) is 13.9. The highest BCUT2D eigenvalue weighted by Gasteiger charge is 2.18. The Balaban J connectivity index is 2.32. The van der Waals surface area contributed by atoms with Gasteiger partial charge in [0, 0.05) is 25.5 Å². The zero-order chi connectivity index (χ0) is 14.5. The maximum Gasteiger partial charge on any atom is 0.305 e. The summed E-state index contributed by atoms with van der Waals surface area (Å²) < 4.78 is 0. The van der Waals surface area contributed by atoms with Crippen LogP contribution in [0.3, 0.4) is 0 Å². The number of hydrogen-bond donors (Lipinski definition) is 1. The van der Waals surface area contributed by atoms with Crippen LogP contribution in [0.15, 0.2) is 30.6 Å². The van der Waals surface area contributed by atoms with Gasteiger partial charge in [-0.05, 0) is 19.1 Å². The summed E-state index contributed by atoms with van der Waals surface area (Å²) in [6, 6.07) is 5.21. The van der Waals surface area contributed by atoms with Crippen molar-refractivity contribution in [2.75, 3.05) is 13.1 Å². The molecule has 0 atom stereocenters. The molecule has 1 aromatic carbocycles. The minimum Gasteiger partial charge on any atom is -0.481 e. The smallest absolute Gasteiger partial charge is 0.305 e. The molecule has 20 heavy (non-hydrogen) atoms. The van der Waals surface area contributed by atoms with Crippen LogP contribution in [0.5, 0.6) is 0 Å². The lowest BCUT2D eigenvalue weighted by atomic mass is 10.1. The van der Waals surface area contributed by atoms with Crippen LogP contribution in [0.1, 0.15) is 23.7 Å². The monoisotopic (exact) mass is 273 g/mol. The van der Waals surface area contributed by atoms with E-state index in [1.807, 2.05) is 6.92 Å². The van der Waals surface area contributed by atoms with Crippen LogP contribution < -0.4 is 0 Å². The lowest BCUT2D eigenvalue weighted by molar-refractivity contribution is -0.137. The number of fused-ring (bicyclic) bond motifs is 1. The van der Waals surface area contributed by atoms with Gasteiger partial charge >= 0.3 is 5.97 Å². The summed E-state index contributed by atoms with van der Waals surface area (Å²) in [6.45, 7) is 2.45. The van der Waals surface area contributed by atoms with E-state index < -0.39 is 5.97 Å². The third-order valence-corrected chi connectivity index (χ3v) is 2.99. The molecule has 1 N–H and O–H groups in total. The van der Waals surface area contributed by atoms with Crippen LogP contribution in [0.2, 0.25) is 0 Å². The number of rotatable bonds is 5. The average Bonchev–Trinajstić information content (AvgIpc) is 2.46. The van der Waals surface area contributed by atoms with Gasteiger partial charge in [0.1, 0.15) is 5.52 Å². The number of carboxylic acid groups (broad SMARTS) is 1. The zero-order valence-corrected chi connectivity index (χ0v) is 11.1. The molecule has 0 bridgehead atoms. The van der Waals surface area contributed by atoms with Crippen molar-refractivity contribution in [1.82, 2.24) is 14.9 Å². The molecule has 1 amide bonds. The summed E-state index contributed by atoms with van der Waals surface area (Å²) in [6.07, 6.45) is 3.03. The SMILES string of the molecule is CCN(CCC(=O)O)C(=O)c1cccc2nccnc12. The number of nitrogens with zero attached hydrogens (tertiary/aromatic N) is 3. The van der Waals surface area contributed by atoms with Gasteiger partial charge in [-0.1, -0.05) is 6.07 Å². The Hall–Kier alpha value is -2.50. The van der Waals surface area contributed by atoms with E-state index in [0.29, 0.717) is 23.1 Å². The summed E-state index contributed by atoms with van der Waals surface area (Å²) in [5.41, 5.74) is 1.63. The molecule has 0 aliphatic carbocycles. The van der Waals surface area contributed by atoms with Crippen molar-refractivity contribution in [2.45, 2.75) is 13.3 Å². The lowest BCUT2D eigenvalue weighted by Crippen LogP contribution is -2.33. The van der Waals surface area contributed by atoms with Gasteiger partial charge in [-0.25, -0.2) is 0 Å². The zero-order valence-electron chi connectivity index (χ0n) is 11.1. The molecule has 0 saturated carbocycles. The van der Waals surface area contributed by atoms with E-state index in [1.165, 1.54) is 11.1 Å². The van der Waals surface area contributed by atoms with Crippen LogP contribution in [-0.4, -0.2) is 44.9 Å². The maximum absolute atomic E-state index is 12.5. The predicted molar refractivity (Wildman–Crippen MR) is 73.4 cm³/mol. The number of aliphatic carboxylic acids is 1. The van der Waals surface area contributed by atoms with Crippen LogP contribution in [0.4, 0.5) is 0 Å². The van der Waals surface area contributed by atoms with Gasteiger partial charge in [0.15, 0.2) is 0 Å². The van der Waals surface area contributed by atoms with Gasteiger partial charge in [0.25, 0.3) is 5.91 Å². The molecule has 0 spiro atoms. The van der Waals surface area contributed by atoms with E-state index in [9.17, 15) is 9.59 Å². The fourth-order valence-electron chi connectivity index (χ4n) is 1.97. The molecule has 0 fully saturated rings. The molecular weight excluding hydrogens is 258 g/mol. The Labute approximate surface area is 116 Å². The van der Waals surface area contributed by atoms with Gasteiger partial charge in [-0.2, -0.15) is 0 Å². The van der Waals surface area contributed by atoms with Crippen LogP contribution >= 0.6 is 0 Å². The topological polar surface area (TPSA) is 83.4 Å². The van der Waals surface area contributed by atoms with E-state index in [2.05, 4.69) is 9.97 Å². The van der Waals surface area contributed by atoms with E-state index in [1.54, 1.807) is 24.4 Å². The van der Waals surface area contributed by atoms with Crippen molar-refractivity contribution >= 4 is 22.9 Å². The summed E-state index contributed by atoms with van der Waals surface area (Å²) in [4.78, 5) is 32.9. The lowest BCUT2D eigenvalue weighted by Gasteiger charge is -2.20. The first-order valence-corrected chi connectivity index (χ1v) is 6.34. The summed E-state index contributed by atoms with van der Waals surface area (Å²) in [5, 5.41) is 8.72. The number of hydrogen-bond acceptors (Lipinski definition) is 4. The summed E-state index contributed by atoms with van der Waals surface area (Å²) >= 11 is 0. The second-order valence-electron chi connectivity index (χ2n) is 4.26. The molecule has 0 aliphatic heterocycles. The Bertz CT molecular complexity index is 637. The quantitative estimate of drug-likeness (QED) is 0.894. The number of benzene rings is 1. The number of amides is 1. The summed E-state index contributed by atoms with van der Waals surface area (Å²) in [5.74, 6) is -1.14. The molecule has 0 unspecified atom stereocenters. The van der Waals surface area contributed by atoms with Crippen molar-refractivity contribution < 1.29 is 14.7 Å². The molecule has 1 heterocycles. The minimum absolute atomic E-state index is 0.0734. The van der Waals surface area contributed by atoms with Gasteiger partial charge < -0.3 is 10.0 Å². The minimum atomic E-state index is -0.922. The van der Waals surface area contributed by atoms with E-state index in [0.717, 1.165) is 0 Å². The van der Waals surface area contributed by atoms with Gasteiger partial charge in [-0.3, -0.25) is 19.6 Å². The van der Waals surface area contributed by atoms with Gasteiger partial charge in [0.05, 0.1) is 17.5 Å². The Kier molecular flexibility index (Phi) is 4.24. The van der Waals surface area contributed by atoms with Crippen molar-refractivity contribution in [3.8, 4) is 0 Å². The number of aromatic nitrogens is 2. The van der Waals surface area contributed by atoms with Crippen LogP contribution in [0.25, 0.3) is 11.0 Å². The first-order chi connectivity index (χ1) is 9.63. The fourth-order valence-corrected chi connectivity index (χ4v) is 1.97. The normalized spacial score (nSPS) is 10.4. The predicted octanol–water partition coefficient (Wildman–Crippen LogP) is 1.57. The third-order valence-electron chi connectivity index (χ3n) is 2.99. The van der Waals surface area contributed by atoms with Crippen molar-refractivity contribution in [3.05, 3.63) is 36.2 Å². The van der Waals surface area contributed by atoms with Crippen LogP contribution in [0, 0.1) is 0 Å². The molecular formula is C14H15N3O3. The first-order valence-electron chi connectivity index (χ1n) is 6.34. The Morgan fingerprint density at radius 3 is 2.70 bits per heavy atom. The maximum atomic E-state index is 12.5. The molecule has 6 nitrogen and oxygen atoms in total. The molecule has 0 aliphatic rings. The van der Waals surface area contributed by atoms with Gasteiger partial charge in [-0.15, -0.1) is 0 Å². The highest BCUT2D eigenvalue weighted by atomic mass is 16.4. The average molecular weight is 273 g/mol. The highest BCUT2D eigenvalue weighted by molar-refractivity contribution is 6.04. The van der Waals surface area contributed by atoms with E-state index >= 15 is 0 Å². The molecule has 1 aromatic heterocycles. The van der Waals surface area contributed by atoms with Crippen LogP contribution in [-0.2, 0) is 4.79 Å². The number of carboxylic acids is 1. The largest absolute Gasteiger partial charge is 0.481 e. The van der Waals surface area contributed by atoms with Gasteiger partial charge in [0.2, 0.25) is 0 Å². The molecule has 0 saturated heterocycles. The molecule has 104 valence electrons. The van der Waals surface area contributed by atoms with Crippen molar-refractivity contribution in [3.63, 3.8) is 0 Å². The number of carbonyl (C=O) groups excluding carboxylic acids is 1. The van der Waals surface area contributed by atoms with Crippen molar-refractivity contribution in [2.24, 2.45) is 0 Å². The van der Waals surface area contributed by atoms with E-state index in [4.69, 9.17) is 5.11 Å². The second kappa shape index (κ2) is 6.10. The highest BCUT2D eigenvalue weighted by Crippen LogP contribution is 2.16. The molecule has 6 heteroatoms. The molecule has 0 radical (unpaired) electrons. The second-order valence-corrected chi connectivity index (χ2v) is 4.26.